The van der Waals surface area contributed by atoms with Gasteiger partial charge in [-0.05, 0) is 55.5 Å². The van der Waals surface area contributed by atoms with Crippen molar-refractivity contribution in [3.8, 4) is 17.2 Å². The number of esters is 1. The van der Waals surface area contributed by atoms with Crippen molar-refractivity contribution in [2.75, 3.05) is 25.2 Å². The standard InChI is InChI=1S/C26H23N3O8S2/c1-3-35-24(30)14-29-20-12-21-22(37-15-36-21)13-23(20)38-26(29)27-25(31)16-4-6-17(7-5-16)28-39(32,33)19-10-8-18(34-2)9-11-19/h4-13,28H,3,14-15H2,1-2H3. The molecule has 0 spiro atoms. The Morgan fingerprint density at radius 1 is 1.05 bits per heavy atom. The van der Waals surface area contributed by atoms with Crippen molar-refractivity contribution in [3.05, 3.63) is 71.0 Å². The van der Waals surface area contributed by atoms with Crippen LogP contribution in [0.1, 0.15) is 17.3 Å². The molecule has 1 aliphatic rings. The summed E-state index contributed by atoms with van der Waals surface area (Å²) in [5.74, 6) is 0.593. The summed E-state index contributed by atoms with van der Waals surface area (Å²) >= 11 is 1.22. The number of hydrogen-bond acceptors (Lipinski definition) is 9. The van der Waals surface area contributed by atoms with E-state index in [2.05, 4.69) is 9.71 Å². The van der Waals surface area contributed by atoms with Crippen molar-refractivity contribution in [2.45, 2.75) is 18.4 Å². The van der Waals surface area contributed by atoms with Gasteiger partial charge in [0.2, 0.25) is 6.79 Å². The Morgan fingerprint density at radius 2 is 1.74 bits per heavy atom. The molecule has 2 heterocycles. The average Bonchev–Trinajstić information content (AvgIpc) is 3.51. The molecule has 3 aromatic carbocycles. The number of ether oxygens (including phenoxy) is 4. The van der Waals surface area contributed by atoms with Crippen molar-refractivity contribution >= 4 is 49.1 Å². The number of nitrogens with zero attached hydrogens (tertiary/aromatic N) is 2. The molecule has 0 bridgehead atoms. The SMILES string of the molecule is CCOC(=O)Cn1c(=NC(=O)c2ccc(NS(=O)(=O)c3ccc(OC)cc3)cc2)sc2cc3c(cc21)OCO3. The Labute approximate surface area is 227 Å². The van der Waals surface area contributed by atoms with E-state index in [-0.39, 0.29) is 40.9 Å². The number of anilines is 1. The third-order valence-corrected chi connectivity index (χ3v) is 8.16. The number of rotatable bonds is 8. The number of amides is 1. The van der Waals surface area contributed by atoms with E-state index in [1.165, 1.54) is 54.8 Å². The molecule has 0 radical (unpaired) electrons. The summed E-state index contributed by atoms with van der Waals surface area (Å²) in [7, 11) is -2.35. The quantitative estimate of drug-likeness (QED) is 0.319. The number of sulfonamides is 1. The molecule has 0 saturated carbocycles. The third kappa shape index (κ3) is 5.59. The van der Waals surface area contributed by atoms with Crippen molar-refractivity contribution in [3.63, 3.8) is 0 Å². The van der Waals surface area contributed by atoms with Gasteiger partial charge in [-0.2, -0.15) is 4.99 Å². The molecule has 1 aliphatic heterocycles. The highest BCUT2D eigenvalue weighted by Crippen LogP contribution is 2.37. The van der Waals surface area contributed by atoms with Gasteiger partial charge in [0, 0.05) is 23.4 Å². The summed E-state index contributed by atoms with van der Waals surface area (Å²) in [6.45, 7) is 1.88. The molecule has 0 aliphatic carbocycles. The normalized spacial score (nSPS) is 12.9. The maximum atomic E-state index is 13.0. The highest BCUT2D eigenvalue weighted by Gasteiger charge is 2.20. The Bertz CT molecular complexity index is 1720. The lowest BCUT2D eigenvalue weighted by atomic mass is 10.2. The van der Waals surface area contributed by atoms with Gasteiger partial charge < -0.3 is 23.5 Å². The number of nitrogens with one attached hydrogen (secondary N) is 1. The second-order valence-corrected chi connectivity index (χ2v) is 10.9. The fourth-order valence-electron chi connectivity index (χ4n) is 3.83. The lowest BCUT2D eigenvalue weighted by Gasteiger charge is -2.09. The van der Waals surface area contributed by atoms with Gasteiger partial charge in [0.25, 0.3) is 15.9 Å². The molecule has 13 heteroatoms. The molecule has 11 nitrogen and oxygen atoms in total. The van der Waals surface area contributed by atoms with E-state index < -0.39 is 21.9 Å². The van der Waals surface area contributed by atoms with Crippen LogP contribution in [-0.2, 0) is 26.1 Å². The third-order valence-electron chi connectivity index (χ3n) is 5.72. The van der Waals surface area contributed by atoms with Crippen LogP contribution in [-0.4, -0.2) is 45.4 Å². The van der Waals surface area contributed by atoms with Crippen LogP contribution in [0.25, 0.3) is 10.2 Å². The van der Waals surface area contributed by atoms with Gasteiger partial charge in [0.15, 0.2) is 16.3 Å². The van der Waals surface area contributed by atoms with E-state index in [9.17, 15) is 18.0 Å². The van der Waals surface area contributed by atoms with Gasteiger partial charge in [-0.25, -0.2) is 8.42 Å². The minimum atomic E-state index is -3.84. The zero-order chi connectivity index (χ0) is 27.6. The first-order chi connectivity index (χ1) is 18.8. The smallest absolute Gasteiger partial charge is 0.326 e. The molecule has 1 N–H and O–H groups in total. The second-order valence-electron chi connectivity index (χ2n) is 8.22. The van der Waals surface area contributed by atoms with Crippen LogP contribution < -0.4 is 23.7 Å². The number of fused-ring (bicyclic) bond motifs is 2. The van der Waals surface area contributed by atoms with Gasteiger partial charge in [-0.15, -0.1) is 0 Å². The lowest BCUT2D eigenvalue weighted by Crippen LogP contribution is -2.23. The van der Waals surface area contributed by atoms with Crippen LogP contribution in [0.3, 0.4) is 0 Å². The van der Waals surface area contributed by atoms with E-state index in [1.807, 2.05) is 0 Å². The summed E-state index contributed by atoms with van der Waals surface area (Å²) < 4.78 is 51.3. The van der Waals surface area contributed by atoms with Gasteiger partial charge >= 0.3 is 5.97 Å². The molecular weight excluding hydrogens is 546 g/mol. The van der Waals surface area contributed by atoms with Crippen molar-refractivity contribution in [1.29, 1.82) is 0 Å². The molecule has 4 aromatic rings. The van der Waals surface area contributed by atoms with E-state index >= 15 is 0 Å². The number of hydrogen-bond donors (Lipinski definition) is 1. The number of carbonyl (C=O) groups is 2. The molecule has 0 unspecified atom stereocenters. The Morgan fingerprint density at radius 3 is 2.41 bits per heavy atom. The maximum absolute atomic E-state index is 13.0. The van der Waals surface area contributed by atoms with Crippen LogP contribution in [0.15, 0.2) is 70.6 Å². The summed E-state index contributed by atoms with van der Waals surface area (Å²) in [6.07, 6.45) is 0. The predicted molar refractivity (Wildman–Crippen MR) is 143 cm³/mol. The van der Waals surface area contributed by atoms with Crippen LogP contribution in [0.2, 0.25) is 0 Å². The average molecular weight is 570 g/mol. The first-order valence-corrected chi connectivity index (χ1v) is 14.0. The topological polar surface area (TPSA) is 135 Å². The van der Waals surface area contributed by atoms with Gasteiger partial charge in [0.05, 0.1) is 28.8 Å². The minimum Gasteiger partial charge on any atom is -0.497 e. The highest BCUT2D eigenvalue weighted by molar-refractivity contribution is 7.92. The van der Waals surface area contributed by atoms with Crippen molar-refractivity contribution in [2.24, 2.45) is 4.99 Å². The molecular formula is C26H23N3O8S2. The largest absolute Gasteiger partial charge is 0.497 e. The number of methoxy groups -OCH3 is 1. The number of thiazole rings is 1. The molecule has 0 fully saturated rings. The van der Waals surface area contributed by atoms with E-state index in [0.717, 1.165) is 4.70 Å². The van der Waals surface area contributed by atoms with Gasteiger partial charge in [0.1, 0.15) is 12.3 Å². The minimum absolute atomic E-state index is 0.0659. The number of aromatic nitrogens is 1. The van der Waals surface area contributed by atoms with Gasteiger partial charge in [-0.1, -0.05) is 11.3 Å². The van der Waals surface area contributed by atoms with E-state index in [0.29, 0.717) is 22.8 Å². The molecule has 0 saturated heterocycles. The molecule has 1 aromatic heterocycles. The zero-order valence-corrected chi connectivity index (χ0v) is 22.5. The fourth-order valence-corrected chi connectivity index (χ4v) is 5.93. The van der Waals surface area contributed by atoms with E-state index in [4.69, 9.17) is 18.9 Å². The predicted octanol–water partition coefficient (Wildman–Crippen LogP) is 3.55. The summed E-state index contributed by atoms with van der Waals surface area (Å²) in [4.78, 5) is 30.0. The lowest BCUT2D eigenvalue weighted by molar-refractivity contribution is -0.143. The Hall–Kier alpha value is -4.36. The molecule has 39 heavy (non-hydrogen) atoms. The van der Waals surface area contributed by atoms with Crippen molar-refractivity contribution < 1.29 is 37.0 Å². The van der Waals surface area contributed by atoms with Crippen LogP contribution >= 0.6 is 11.3 Å². The Balaban J connectivity index is 1.42. The summed E-state index contributed by atoms with van der Waals surface area (Å²) in [5.41, 5.74) is 1.15. The zero-order valence-electron chi connectivity index (χ0n) is 20.9. The Kier molecular flexibility index (Phi) is 7.26. The molecule has 0 atom stereocenters. The molecule has 5 rings (SSSR count). The van der Waals surface area contributed by atoms with Crippen molar-refractivity contribution in [1.82, 2.24) is 4.57 Å². The van der Waals surface area contributed by atoms with Crippen LogP contribution in [0, 0.1) is 0 Å². The van der Waals surface area contributed by atoms with Crippen LogP contribution in [0.5, 0.6) is 17.2 Å². The summed E-state index contributed by atoms with van der Waals surface area (Å²) in [6, 6.07) is 15.4. The first kappa shape index (κ1) is 26.3. The monoisotopic (exact) mass is 569 g/mol. The number of carbonyl (C=O) groups excluding carboxylic acids is 2. The second kappa shape index (κ2) is 10.8. The molecule has 1 amide bonds. The van der Waals surface area contributed by atoms with Crippen LogP contribution in [0.4, 0.5) is 5.69 Å². The highest BCUT2D eigenvalue weighted by atomic mass is 32.2. The fraction of sp³-hybridized carbons (Fsp3) is 0.192. The molecule has 202 valence electrons. The first-order valence-electron chi connectivity index (χ1n) is 11.7. The number of benzene rings is 3. The van der Waals surface area contributed by atoms with Gasteiger partial charge in [-0.3, -0.25) is 14.3 Å². The summed E-state index contributed by atoms with van der Waals surface area (Å²) in [5, 5.41) is 0. The maximum Gasteiger partial charge on any atom is 0.326 e. The van der Waals surface area contributed by atoms with E-state index in [1.54, 1.807) is 35.8 Å².